The second kappa shape index (κ2) is 6.08. The molecule has 0 bridgehead atoms. The quantitative estimate of drug-likeness (QED) is 0.592. The fourth-order valence-electron chi connectivity index (χ4n) is 1.72. The van der Waals surface area contributed by atoms with Gasteiger partial charge < -0.3 is 10.3 Å². The molecule has 1 aromatic rings. The van der Waals surface area contributed by atoms with Gasteiger partial charge in [0.15, 0.2) is 0 Å². The van der Waals surface area contributed by atoms with Crippen LogP contribution in [0.4, 0.5) is 0 Å². The summed E-state index contributed by atoms with van der Waals surface area (Å²) in [5.74, 6) is -0.651. The van der Waals surface area contributed by atoms with Crippen molar-refractivity contribution in [2.45, 2.75) is 13.3 Å². The molecule has 0 spiro atoms. The third kappa shape index (κ3) is 3.83. The van der Waals surface area contributed by atoms with Gasteiger partial charge in [0.05, 0.1) is 6.54 Å². The fraction of sp³-hybridized carbons (Fsp3) is 0.417. The van der Waals surface area contributed by atoms with Crippen LogP contribution < -0.4 is 16.2 Å². The standard InChI is InChI=1S/C12H15BrN4O3/c1-6-2-8(6)11(19)15-5-10(18)16-17-12(20)9-3-7(13)4-14-9/h3-4,6,8,14H,2,5H2,1H3,(H,15,19)(H,16,18)(H,17,20). The molecule has 1 aliphatic carbocycles. The van der Waals surface area contributed by atoms with Crippen molar-refractivity contribution in [2.75, 3.05) is 6.54 Å². The Labute approximate surface area is 124 Å². The van der Waals surface area contributed by atoms with Crippen molar-refractivity contribution < 1.29 is 14.4 Å². The number of carbonyl (C=O) groups excluding carboxylic acids is 3. The minimum absolute atomic E-state index is 0.0219. The Morgan fingerprint density at radius 1 is 1.40 bits per heavy atom. The van der Waals surface area contributed by atoms with Crippen LogP contribution in [0.15, 0.2) is 16.7 Å². The number of halogens is 1. The smallest absolute Gasteiger partial charge is 0.286 e. The van der Waals surface area contributed by atoms with E-state index in [4.69, 9.17) is 0 Å². The summed E-state index contributed by atoms with van der Waals surface area (Å²) >= 11 is 3.20. The molecule has 7 nitrogen and oxygen atoms in total. The lowest BCUT2D eigenvalue weighted by Gasteiger charge is -2.07. The molecule has 0 radical (unpaired) electrons. The minimum Gasteiger partial charge on any atom is -0.356 e. The van der Waals surface area contributed by atoms with Crippen molar-refractivity contribution in [3.8, 4) is 0 Å². The van der Waals surface area contributed by atoms with Crippen LogP contribution in [0.25, 0.3) is 0 Å². The Morgan fingerprint density at radius 3 is 2.65 bits per heavy atom. The van der Waals surface area contributed by atoms with E-state index in [2.05, 4.69) is 37.1 Å². The normalized spacial score (nSPS) is 20.1. The van der Waals surface area contributed by atoms with Gasteiger partial charge in [0.2, 0.25) is 5.91 Å². The lowest BCUT2D eigenvalue weighted by molar-refractivity contribution is -0.127. The highest BCUT2D eigenvalue weighted by Gasteiger charge is 2.38. The topological polar surface area (TPSA) is 103 Å². The third-order valence-electron chi connectivity index (χ3n) is 3.08. The van der Waals surface area contributed by atoms with Gasteiger partial charge in [-0.15, -0.1) is 0 Å². The zero-order valence-electron chi connectivity index (χ0n) is 10.8. The number of carbonyl (C=O) groups is 3. The van der Waals surface area contributed by atoms with E-state index in [1.54, 1.807) is 12.3 Å². The Kier molecular flexibility index (Phi) is 4.43. The Bertz CT molecular complexity index is 543. The van der Waals surface area contributed by atoms with Crippen molar-refractivity contribution in [2.24, 2.45) is 11.8 Å². The second-order valence-corrected chi connectivity index (χ2v) is 5.69. The Balaban J connectivity index is 1.67. The van der Waals surface area contributed by atoms with Crippen molar-refractivity contribution >= 4 is 33.7 Å². The van der Waals surface area contributed by atoms with Gasteiger partial charge in [0, 0.05) is 16.6 Å². The molecule has 1 heterocycles. The largest absolute Gasteiger partial charge is 0.356 e. The Hall–Kier alpha value is -1.83. The summed E-state index contributed by atoms with van der Waals surface area (Å²) in [6, 6.07) is 1.58. The molecular weight excluding hydrogens is 328 g/mol. The summed E-state index contributed by atoms with van der Waals surface area (Å²) in [5, 5.41) is 2.52. The summed E-state index contributed by atoms with van der Waals surface area (Å²) in [6.45, 7) is 1.83. The first kappa shape index (κ1) is 14.6. The van der Waals surface area contributed by atoms with E-state index < -0.39 is 11.8 Å². The lowest BCUT2D eigenvalue weighted by Crippen LogP contribution is -2.46. The van der Waals surface area contributed by atoms with E-state index in [9.17, 15) is 14.4 Å². The van der Waals surface area contributed by atoms with Crippen LogP contribution in [-0.2, 0) is 9.59 Å². The monoisotopic (exact) mass is 342 g/mol. The zero-order chi connectivity index (χ0) is 14.7. The number of rotatable bonds is 4. The van der Waals surface area contributed by atoms with E-state index in [0.717, 1.165) is 10.9 Å². The number of aromatic amines is 1. The molecule has 108 valence electrons. The van der Waals surface area contributed by atoms with Crippen molar-refractivity contribution in [1.82, 2.24) is 21.2 Å². The van der Waals surface area contributed by atoms with Crippen LogP contribution in [0.2, 0.25) is 0 Å². The maximum Gasteiger partial charge on any atom is 0.286 e. The molecule has 8 heteroatoms. The van der Waals surface area contributed by atoms with Gasteiger partial charge in [-0.2, -0.15) is 0 Å². The van der Waals surface area contributed by atoms with Gasteiger partial charge in [-0.1, -0.05) is 6.92 Å². The van der Waals surface area contributed by atoms with Crippen molar-refractivity contribution in [1.29, 1.82) is 0 Å². The number of aromatic nitrogens is 1. The first-order valence-electron chi connectivity index (χ1n) is 6.18. The van der Waals surface area contributed by atoms with Crippen LogP contribution in [0.3, 0.4) is 0 Å². The molecule has 1 aromatic heterocycles. The molecule has 4 N–H and O–H groups in total. The predicted molar refractivity (Wildman–Crippen MR) is 74.4 cm³/mol. The second-order valence-electron chi connectivity index (χ2n) is 4.77. The summed E-state index contributed by atoms with van der Waals surface area (Å²) in [6.07, 6.45) is 2.47. The highest BCUT2D eigenvalue weighted by Crippen LogP contribution is 2.37. The van der Waals surface area contributed by atoms with Crippen molar-refractivity contribution in [3.63, 3.8) is 0 Å². The average Bonchev–Trinajstić information content (AvgIpc) is 2.98. The molecule has 1 fully saturated rings. The predicted octanol–water partition coefficient (Wildman–Crippen LogP) is 0.310. The van der Waals surface area contributed by atoms with E-state index in [1.165, 1.54) is 0 Å². The fourth-order valence-corrected chi connectivity index (χ4v) is 2.07. The summed E-state index contributed by atoms with van der Waals surface area (Å²) < 4.78 is 0.736. The maximum absolute atomic E-state index is 11.6. The van der Waals surface area contributed by atoms with Gasteiger partial charge in [-0.25, -0.2) is 0 Å². The highest BCUT2D eigenvalue weighted by molar-refractivity contribution is 9.10. The van der Waals surface area contributed by atoms with Crippen LogP contribution in [0.1, 0.15) is 23.8 Å². The molecule has 0 saturated heterocycles. The van der Waals surface area contributed by atoms with Crippen LogP contribution in [0, 0.1) is 11.8 Å². The molecule has 2 rings (SSSR count). The van der Waals surface area contributed by atoms with Gasteiger partial charge in [0.1, 0.15) is 5.69 Å². The SMILES string of the molecule is CC1CC1C(=O)NCC(=O)NNC(=O)c1cc(Br)c[nH]1. The average molecular weight is 343 g/mol. The molecule has 1 saturated carbocycles. The van der Waals surface area contributed by atoms with E-state index >= 15 is 0 Å². The van der Waals surface area contributed by atoms with Gasteiger partial charge in [-0.3, -0.25) is 25.2 Å². The first-order valence-corrected chi connectivity index (χ1v) is 6.97. The van der Waals surface area contributed by atoms with E-state index in [-0.39, 0.29) is 18.4 Å². The summed E-state index contributed by atoms with van der Waals surface area (Å²) in [7, 11) is 0. The van der Waals surface area contributed by atoms with Crippen molar-refractivity contribution in [3.05, 3.63) is 22.4 Å². The number of H-pyrrole nitrogens is 1. The number of hydrogen-bond acceptors (Lipinski definition) is 3. The number of amides is 3. The van der Waals surface area contributed by atoms with Gasteiger partial charge in [0.25, 0.3) is 11.8 Å². The molecule has 20 heavy (non-hydrogen) atoms. The van der Waals surface area contributed by atoms with Gasteiger partial charge in [-0.05, 0) is 34.3 Å². The lowest BCUT2D eigenvalue weighted by atomic mass is 10.3. The molecule has 3 amide bonds. The number of nitrogens with one attached hydrogen (secondary N) is 4. The summed E-state index contributed by atoms with van der Waals surface area (Å²) in [5.41, 5.74) is 4.79. The van der Waals surface area contributed by atoms with Gasteiger partial charge >= 0.3 is 0 Å². The molecule has 2 atom stereocenters. The van der Waals surface area contributed by atoms with Crippen LogP contribution in [-0.4, -0.2) is 29.3 Å². The maximum atomic E-state index is 11.6. The van der Waals surface area contributed by atoms with E-state index in [1.807, 2.05) is 6.92 Å². The minimum atomic E-state index is -0.481. The number of hydrazine groups is 1. The van der Waals surface area contributed by atoms with E-state index in [0.29, 0.717) is 11.6 Å². The van der Waals surface area contributed by atoms with Crippen LogP contribution >= 0.6 is 15.9 Å². The highest BCUT2D eigenvalue weighted by atomic mass is 79.9. The summed E-state index contributed by atoms with van der Waals surface area (Å²) in [4.78, 5) is 37.3. The molecular formula is C12H15BrN4O3. The first-order chi connectivity index (χ1) is 9.47. The molecule has 1 aliphatic rings. The molecule has 0 aliphatic heterocycles. The molecule has 0 aromatic carbocycles. The molecule has 2 unspecified atom stereocenters. The number of hydrogen-bond donors (Lipinski definition) is 4. The third-order valence-corrected chi connectivity index (χ3v) is 3.54. The zero-order valence-corrected chi connectivity index (χ0v) is 12.4. The van der Waals surface area contributed by atoms with Crippen LogP contribution in [0.5, 0.6) is 0 Å². The Morgan fingerprint density at radius 2 is 2.10 bits per heavy atom.